The maximum Gasteiger partial charge on any atom is 0.314 e. The van der Waals surface area contributed by atoms with E-state index in [-0.39, 0.29) is 17.4 Å². The number of nitrogens with two attached hydrogens (primary N) is 1. The van der Waals surface area contributed by atoms with Gasteiger partial charge in [-0.1, -0.05) is 33.1 Å². The molecule has 1 aromatic rings. The van der Waals surface area contributed by atoms with Gasteiger partial charge in [-0.15, -0.1) is 0 Å². The van der Waals surface area contributed by atoms with Crippen molar-refractivity contribution < 1.29 is 4.92 Å². The molecule has 0 aliphatic carbocycles. The van der Waals surface area contributed by atoms with Crippen molar-refractivity contribution in [3.63, 3.8) is 0 Å². The van der Waals surface area contributed by atoms with Crippen molar-refractivity contribution in [3.8, 4) is 0 Å². The molecule has 0 aliphatic rings. The molecule has 1 aromatic heterocycles. The topological polar surface area (TPSA) is 82.0 Å². The van der Waals surface area contributed by atoms with Crippen LogP contribution in [0, 0.1) is 10.1 Å². The van der Waals surface area contributed by atoms with Gasteiger partial charge >= 0.3 is 5.69 Å². The number of nitro groups is 1. The van der Waals surface area contributed by atoms with Crippen LogP contribution >= 0.6 is 0 Å². The lowest BCUT2D eigenvalue weighted by atomic mass is 9.94. The third-order valence-corrected chi connectivity index (χ3v) is 2.94. The lowest BCUT2D eigenvalue weighted by Gasteiger charge is -2.12. The summed E-state index contributed by atoms with van der Waals surface area (Å²) >= 11 is 0. The Morgan fingerprint density at radius 1 is 1.53 bits per heavy atom. The quantitative estimate of drug-likeness (QED) is 0.467. The lowest BCUT2D eigenvalue weighted by molar-refractivity contribution is -0.385. The first-order valence-corrected chi connectivity index (χ1v) is 5.96. The number of nitrogens with zero attached hydrogens (tertiary/aromatic N) is 2. The average Bonchev–Trinajstić information content (AvgIpc) is 2.28. The third-order valence-electron chi connectivity index (χ3n) is 2.94. The fraction of sp³-hybridized carbons (Fsp3) is 0.583. The minimum Gasteiger partial charge on any atom is -0.378 e. The summed E-state index contributed by atoms with van der Waals surface area (Å²) in [5.41, 5.74) is 6.22. The van der Waals surface area contributed by atoms with E-state index in [1.165, 1.54) is 6.20 Å². The summed E-state index contributed by atoms with van der Waals surface area (Å²) in [6, 6.07) is 1.70. The van der Waals surface area contributed by atoms with Crippen molar-refractivity contribution in [2.75, 3.05) is 5.73 Å². The maximum atomic E-state index is 11.0. The van der Waals surface area contributed by atoms with E-state index < -0.39 is 4.92 Å². The number of pyridine rings is 1. The van der Waals surface area contributed by atoms with Gasteiger partial charge in [-0.05, 0) is 18.4 Å². The van der Waals surface area contributed by atoms with Gasteiger partial charge in [0.05, 0.1) is 4.92 Å². The van der Waals surface area contributed by atoms with E-state index in [0.29, 0.717) is 5.56 Å². The molecule has 1 rings (SSSR count). The fourth-order valence-electron chi connectivity index (χ4n) is 1.94. The second-order valence-corrected chi connectivity index (χ2v) is 4.29. The van der Waals surface area contributed by atoms with Crippen molar-refractivity contribution >= 4 is 11.5 Å². The summed E-state index contributed by atoms with van der Waals surface area (Å²) in [7, 11) is 0. The third kappa shape index (κ3) is 3.41. The highest BCUT2D eigenvalue weighted by Crippen LogP contribution is 2.32. The summed E-state index contributed by atoms with van der Waals surface area (Å²) in [4.78, 5) is 14.3. The first-order chi connectivity index (χ1) is 8.07. The Labute approximate surface area is 101 Å². The summed E-state index contributed by atoms with van der Waals surface area (Å²) in [5, 5.41) is 11.0. The molecule has 1 unspecified atom stereocenters. The Hall–Kier alpha value is -1.65. The molecule has 0 aliphatic heterocycles. The van der Waals surface area contributed by atoms with E-state index in [2.05, 4.69) is 11.9 Å². The molecule has 1 atom stereocenters. The van der Waals surface area contributed by atoms with Crippen LogP contribution in [0.15, 0.2) is 12.3 Å². The van der Waals surface area contributed by atoms with Crippen LogP contribution in [0.2, 0.25) is 0 Å². The smallest absolute Gasteiger partial charge is 0.314 e. The molecule has 0 saturated heterocycles. The molecule has 0 radical (unpaired) electrons. The predicted molar refractivity (Wildman–Crippen MR) is 67.9 cm³/mol. The van der Waals surface area contributed by atoms with Gasteiger partial charge in [-0.25, -0.2) is 4.98 Å². The lowest BCUT2D eigenvalue weighted by Crippen LogP contribution is -2.05. The zero-order valence-electron chi connectivity index (χ0n) is 10.3. The van der Waals surface area contributed by atoms with Gasteiger partial charge < -0.3 is 5.73 Å². The number of rotatable bonds is 6. The van der Waals surface area contributed by atoms with E-state index >= 15 is 0 Å². The van der Waals surface area contributed by atoms with Gasteiger partial charge in [0.2, 0.25) is 5.82 Å². The molecule has 5 heteroatoms. The molecule has 0 amide bonds. The molecule has 94 valence electrons. The van der Waals surface area contributed by atoms with Gasteiger partial charge in [0.25, 0.3) is 0 Å². The normalized spacial score (nSPS) is 12.4. The first-order valence-electron chi connectivity index (χ1n) is 5.96. The molecule has 0 bridgehead atoms. The van der Waals surface area contributed by atoms with Crippen molar-refractivity contribution in [2.45, 2.75) is 45.4 Å². The number of unbranched alkanes of at least 4 members (excludes halogenated alkanes) is 2. The highest BCUT2D eigenvalue weighted by Gasteiger charge is 2.22. The van der Waals surface area contributed by atoms with E-state index in [0.717, 1.165) is 25.7 Å². The van der Waals surface area contributed by atoms with Crippen LogP contribution in [0.4, 0.5) is 11.5 Å². The Morgan fingerprint density at radius 3 is 2.82 bits per heavy atom. The molecule has 2 N–H and O–H groups in total. The molecule has 5 nitrogen and oxygen atoms in total. The minimum absolute atomic E-state index is 0.00911. The predicted octanol–water partition coefficient (Wildman–Crippen LogP) is 3.26. The first kappa shape index (κ1) is 13.4. The summed E-state index contributed by atoms with van der Waals surface area (Å²) < 4.78 is 0. The van der Waals surface area contributed by atoms with Crippen LogP contribution < -0.4 is 5.73 Å². The van der Waals surface area contributed by atoms with E-state index in [4.69, 9.17) is 5.73 Å². The zero-order valence-corrected chi connectivity index (χ0v) is 10.3. The van der Waals surface area contributed by atoms with Crippen LogP contribution in [0.25, 0.3) is 0 Å². The molecular weight excluding hydrogens is 218 g/mol. The Kier molecular flexibility index (Phi) is 4.87. The summed E-state index contributed by atoms with van der Waals surface area (Å²) in [5.74, 6) is 0.155. The number of hydrogen-bond acceptors (Lipinski definition) is 4. The maximum absolute atomic E-state index is 11.0. The number of hydrogen-bond donors (Lipinski definition) is 1. The Balaban J connectivity index is 2.89. The molecule has 0 spiro atoms. The SMILES string of the molecule is CCCCCC(C)c1ccnc(N)c1[N+](=O)[O-]. The number of anilines is 1. The van der Waals surface area contributed by atoms with Crippen LogP contribution in [-0.4, -0.2) is 9.91 Å². The molecule has 0 saturated carbocycles. The molecule has 0 fully saturated rings. The fourth-order valence-corrected chi connectivity index (χ4v) is 1.94. The van der Waals surface area contributed by atoms with Crippen molar-refractivity contribution in [1.29, 1.82) is 0 Å². The minimum atomic E-state index is -0.437. The van der Waals surface area contributed by atoms with Crippen molar-refractivity contribution in [3.05, 3.63) is 27.9 Å². The van der Waals surface area contributed by atoms with Gasteiger partial charge in [0, 0.05) is 11.8 Å². The molecule has 0 aromatic carbocycles. The molecule has 1 heterocycles. The van der Waals surface area contributed by atoms with Gasteiger partial charge in [0.15, 0.2) is 0 Å². The second kappa shape index (κ2) is 6.18. The van der Waals surface area contributed by atoms with Gasteiger partial charge in [-0.3, -0.25) is 10.1 Å². The zero-order chi connectivity index (χ0) is 12.8. The van der Waals surface area contributed by atoms with Crippen LogP contribution in [0.3, 0.4) is 0 Å². The number of nitrogen functional groups attached to an aromatic ring is 1. The summed E-state index contributed by atoms with van der Waals surface area (Å²) in [6.07, 6.45) is 5.86. The van der Waals surface area contributed by atoms with E-state index in [1.54, 1.807) is 6.07 Å². The molecular formula is C12H19N3O2. The Morgan fingerprint density at radius 2 is 2.24 bits per heavy atom. The molecule has 17 heavy (non-hydrogen) atoms. The highest BCUT2D eigenvalue weighted by molar-refractivity contribution is 5.58. The van der Waals surface area contributed by atoms with E-state index in [1.807, 2.05) is 6.92 Å². The number of aromatic nitrogens is 1. The summed E-state index contributed by atoms with van der Waals surface area (Å²) in [6.45, 7) is 4.13. The largest absolute Gasteiger partial charge is 0.378 e. The average molecular weight is 237 g/mol. The van der Waals surface area contributed by atoms with Crippen molar-refractivity contribution in [1.82, 2.24) is 4.98 Å². The second-order valence-electron chi connectivity index (χ2n) is 4.29. The Bertz CT molecular complexity index is 393. The van der Waals surface area contributed by atoms with Crippen molar-refractivity contribution in [2.24, 2.45) is 0 Å². The van der Waals surface area contributed by atoms with E-state index in [9.17, 15) is 10.1 Å². The van der Waals surface area contributed by atoms with Crippen LogP contribution in [0.1, 0.15) is 51.0 Å². The van der Waals surface area contributed by atoms with Gasteiger partial charge in [0.1, 0.15) is 0 Å². The standard InChI is InChI=1S/C12H19N3O2/c1-3-4-5-6-9(2)10-7-8-14-12(13)11(10)15(16)17/h7-9H,3-6H2,1-2H3,(H2,13,14). The van der Waals surface area contributed by atoms with Crippen LogP contribution in [0.5, 0.6) is 0 Å². The monoisotopic (exact) mass is 237 g/mol. The van der Waals surface area contributed by atoms with Gasteiger partial charge in [-0.2, -0.15) is 0 Å². The van der Waals surface area contributed by atoms with Crippen LogP contribution in [-0.2, 0) is 0 Å². The highest BCUT2D eigenvalue weighted by atomic mass is 16.6.